The topological polar surface area (TPSA) is 85.8 Å². The second-order valence-electron chi connectivity index (χ2n) is 6.81. The molecule has 1 aromatic heterocycles. The van der Waals surface area contributed by atoms with Crippen LogP contribution in [0.15, 0.2) is 35.3 Å². The molecule has 2 heterocycles. The predicted molar refractivity (Wildman–Crippen MR) is 133 cm³/mol. The molecule has 0 atom stereocenters. The van der Waals surface area contributed by atoms with Crippen LogP contribution in [-0.4, -0.2) is 65.9 Å². The average Bonchev–Trinajstić information content (AvgIpc) is 3.26. The number of carbonyl (C=O) groups is 1. The summed E-state index contributed by atoms with van der Waals surface area (Å²) in [7, 11) is 1.78. The lowest BCUT2D eigenvalue weighted by Gasteiger charge is -2.36. The maximum Gasteiger partial charge on any atom is 0.222 e. The molecular weight excluding hydrogens is 513 g/mol. The largest absolute Gasteiger partial charge is 0.356 e. The summed E-state index contributed by atoms with van der Waals surface area (Å²) >= 11 is 1.47. The van der Waals surface area contributed by atoms with E-state index in [1.807, 2.05) is 30.3 Å². The van der Waals surface area contributed by atoms with Crippen molar-refractivity contribution in [2.45, 2.75) is 26.3 Å². The van der Waals surface area contributed by atoms with E-state index in [0.717, 1.165) is 55.1 Å². The molecular formula is C20H30IN7OS. The highest BCUT2D eigenvalue weighted by Crippen LogP contribution is 2.19. The summed E-state index contributed by atoms with van der Waals surface area (Å²) in [4.78, 5) is 25.5. The minimum absolute atomic E-state index is 0. The van der Waals surface area contributed by atoms with Gasteiger partial charge in [0.2, 0.25) is 11.0 Å². The fourth-order valence-corrected chi connectivity index (χ4v) is 3.93. The molecule has 30 heavy (non-hydrogen) atoms. The molecule has 10 heteroatoms. The highest BCUT2D eigenvalue weighted by Gasteiger charge is 2.22. The van der Waals surface area contributed by atoms with Gasteiger partial charge in [-0.2, -0.15) is 4.37 Å². The molecule has 8 nitrogen and oxygen atoms in total. The Bertz CT molecular complexity index is 806. The molecule has 0 spiro atoms. The molecule has 1 aromatic carbocycles. The van der Waals surface area contributed by atoms with Crippen molar-refractivity contribution in [3.63, 3.8) is 0 Å². The van der Waals surface area contributed by atoms with Crippen LogP contribution in [0.1, 0.15) is 24.7 Å². The monoisotopic (exact) mass is 543 g/mol. The first-order valence-corrected chi connectivity index (χ1v) is 10.8. The molecule has 1 amide bonds. The van der Waals surface area contributed by atoms with E-state index in [-0.39, 0.29) is 29.9 Å². The summed E-state index contributed by atoms with van der Waals surface area (Å²) in [6.07, 6.45) is 1.28. The van der Waals surface area contributed by atoms with Crippen LogP contribution in [0.25, 0.3) is 0 Å². The number of hydrogen-bond donors (Lipinski definition) is 2. The average molecular weight is 543 g/mol. The van der Waals surface area contributed by atoms with E-state index < -0.39 is 0 Å². The van der Waals surface area contributed by atoms with Crippen LogP contribution in [0.4, 0.5) is 5.13 Å². The number of aromatic nitrogens is 2. The normalized spacial score (nSPS) is 14.3. The van der Waals surface area contributed by atoms with Crippen molar-refractivity contribution in [1.29, 1.82) is 0 Å². The van der Waals surface area contributed by atoms with Gasteiger partial charge >= 0.3 is 0 Å². The molecule has 2 aromatic rings. The van der Waals surface area contributed by atoms with Gasteiger partial charge in [-0.05, 0) is 5.56 Å². The van der Waals surface area contributed by atoms with Gasteiger partial charge < -0.3 is 20.4 Å². The van der Waals surface area contributed by atoms with E-state index >= 15 is 0 Å². The molecule has 3 rings (SSSR count). The standard InChI is InChI=1S/C20H29N7OS.HI/c1-3-17-24-20(29-25-17)27-13-11-26(12-14-27)19(21-2)22-10-9-18(28)23-15-16-7-5-4-6-8-16;/h4-8H,3,9-15H2,1-2H3,(H,21,22)(H,23,28);1H. The highest BCUT2D eigenvalue weighted by atomic mass is 127. The highest BCUT2D eigenvalue weighted by molar-refractivity contribution is 14.0. The third kappa shape index (κ3) is 7.08. The maximum absolute atomic E-state index is 12.1. The number of piperazine rings is 1. The zero-order valence-electron chi connectivity index (χ0n) is 17.5. The van der Waals surface area contributed by atoms with Crippen molar-refractivity contribution in [2.75, 3.05) is 44.7 Å². The first-order valence-electron chi connectivity index (χ1n) is 10.0. The number of guanidine groups is 1. The van der Waals surface area contributed by atoms with Gasteiger partial charge in [0, 0.05) is 70.7 Å². The van der Waals surface area contributed by atoms with Crippen molar-refractivity contribution in [1.82, 2.24) is 24.9 Å². The van der Waals surface area contributed by atoms with Gasteiger partial charge in [0.25, 0.3) is 0 Å². The third-order valence-corrected chi connectivity index (χ3v) is 5.62. The lowest BCUT2D eigenvalue weighted by molar-refractivity contribution is -0.121. The SMILES string of the molecule is CCc1nsc(N2CCN(C(=NC)NCCC(=O)NCc3ccccc3)CC2)n1.I. The quantitative estimate of drug-likeness (QED) is 0.316. The third-order valence-electron chi connectivity index (χ3n) is 4.80. The fraction of sp³-hybridized carbons (Fsp3) is 0.500. The van der Waals surface area contributed by atoms with Crippen molar-refractivity contribution in [2.24, 2.45) is 4.99 Å². The smallest absolute Gasteiger partial charge is 0.222 e. The number of rotatable bonds is 7. The van der Waals surface area contributed by atoms with Crippen LogP contribution < -0.4 is 15.5 Å². The van der Waals surface area contributed by atoms with Gasteiger partial charge in [0.05, 0.1) is 0 Å². The lowest BCUT2D eigenvalue weighted by atomic mass is 10.2. The van der Waals surface area contributed by atoms with E-state index in [1.54, 1.807) is 7.05 Å². The molecule has 0 unspecified atom stereocenters. The predicted octanol–water partition coefficient (Wildman–Crippen LogP) is 2.12. The van der Waals surface area contributed by atoms with Crippen LogP contribution >= 0.6 is 35.5 Å². The number of anilines is 1. The van der Waals surface area contributed by atoms with Crippen LogP contribution in [0.5, 0.6) is 0 Å². The summed E-state index contributed by atoms with van der Waals surface area (Å²) < 4.78 is 4.37. The van der Waals surface area contributed by atoms with Crippen LogP contribution in [0.3, 0.4) is 0 Å². The van der Waals surface area contributed by atoms with Crippen molar-refractivity contribution >= 4 is 52.5 Å². The minimum Gasteiger partial charge on any atom is -0.356 e. The summed E-state index contributed by atoms with van der Waals surface area (Å²) in [6.45, 7) is 6.68. The summed E-state index contributed by atoms with van der Waals surface area (Å²) in [5.41, 5.74) is 1.10. The Balaban J connectivity index is 0.00000320. The Hall–Kier alpha value is -1.95. The molecule has 1 aliphatic rings. The molecule has 0 saturated carbocycles. The molecule has 2 N–H and O–H groups in total. The Morgan fingerprint density at radius 3 is 2.53 bits per heavy atom. The Morgan fingerprint density at radius 2 is 1.90 bits per heavy atom. The number of carbonyl (C=O) groups excluding carboxylic acids is 1. The van der Waals surface area contributed by atoms with Gasteiger partial charge in [-0.3, -0.25) is 9.79 Å². The lowest BCUT2D eigenvalue weighted by Crippen LogP contribution is -2.52. The molecule has 1 aliphatic heterocycles. The maximum atomic E-state index is 12.1. The van der Waals surface area contributed by atoms with Gasteiger partial charge in [-0.15, -0.1) is 24.0 Å². The van der Waals surface area contributed by atoms with E-state index in [2.05, 4.69) is 41.7 Å². The second kappa shape index (κ2) is 12.7. The molecule has 0 aliphatic carbocycles. The van der Waals surface area contributed by atoms with Gasteiger partial charge in [-0.25, -0.2) is 4.98 Å². The number of aryl methyl sites for hydroxylation is 1. The second-order valence-corrected chi connectivity index (χ2v) is 7.54. The molecule has 0 radical (unpaired) electrons. The zero-order valence-corrected chi connectivity index (χ0v) is 20.7. The number of nitrogens with one attached hydrogen (secondary N) is 2. The number of halogens is 1. The Labute approximate surface area is 199 Å². The summed E-state index contributed by atoms with van der Waals surface area (Å²) in [5.74, 6) is 1.78. The first kappa shape index (κ1) is 24.3. The zero-order chi connectivity index (χ0) is 20.5. The molecule has 1 saturated heterocycles. The van der Waals surface area contributed by atoms with Crippen molar-refractivity contribution in [3.8, 4) is 0 Å². The van der Waals surface area contributed by atoms with Crippen LogP contribution in [0.2, 0.25) is 0 Å². The Morgan fingerprint density at radius 1 is 1.17 bits per heavy atom. The van der Waals surface area contributed by atoms with E-state index in [1.165, 1.54) is 11.5 Å². The van der Waals surface area contributed by atoms with Crippen LogP contribution in [-0.2, 0) is 17.8 Å². The van der Waals surface area contributed by atoms with Gasteiger partial charge in [-0.1, -0.05) is 37.3 Å². The molecule has 164 valence electrons. The van der Waals surface area contributed by atoms with E-state index in [9.17, 15) is 4.79 Å². The van der Waals surface area contributed by atoms with Crippen molar-refractivity contribution in [3.05, 3.63) is 41.7 Å². The summed E-state index contributed by atoms with van der Waals surface area (Å²) in [5, 5.41) is 7.26. The number of nitrogens with zero attached hydrogens (tertiary/aromatic N) is 5. The number of benzene rings is 1. The number of aliphatic imine (C=N–C) groups is 1. The van der Waals surface area contributed by atoms with Crippen molar-refractivity contribution < 1.29 is 4.79 Å². The summed E-state index contributed by atoms with van der Waals surface area (Å²) in [6, 6.07) is 9.92. The van der Waals surface area contributed by atoms with E-state index in [0.29, 0.717) is 19.5 Å². The minimum atomic E-state index is 0. The van der Waals surface area contributed by atoms with Gasteiger partial charge in [0.15, 0.2) is 5.96 Å². The molecule has 0 bridgehead atoms. The van der Waals surface area contributed by atoms with E-state index in [4.69, 9.17) is 0 Å². The number of hydrogen-bond acceptors (Lipinski definition) is 6. The molecule has 1 fully saturated rings. The number of amides is 1. The fourth-order valence-electron chi connectivity index (χ4n) is 3.13. The first-order chi connectivity index (χ1) is 14.2. The van der Waals surface area contributed by atoms with Gasteiger partial charge in [0.1, 0.15) is 5.82 Å². The Kier molecular flexibility index (Phi) is 10.3. The van der Waals surface area contributed by atoms with Crippen LogP contribution in [0, 0.1) is 0 Å².